The Morgan fingerprint density at radius 1 is 1.00 bits per heavy atom. The second kappa shape index (κ2) is 9.38. The molecule has 0 aliphatic carbocycles. The van der Waals surface area contributed by atoms with Gasteiger partial charge in [0.05, 0.1) is 6.10 Å². The molecule has 0 N–H and O–H groups in total. The largest absolute Gasteiger partial charge is 0.491 e. The summed E-state index contributed by atoms with van der Waals surface area (Å²) in [5.74, 6) is 0.905. The minimum Gasteiger partial charge on any atom is -0.491 e. The molecule has 1 aliphatic rings. The van der Waals surface area contributed by atoms with Gasteiger partial charge < -0.3 is 9.64 Å². The minimum atomic E-state index is 0.102. The maximum absolute atomic E-state index is 12.7. The highest BCUT2D eigenvalue weighted by atomic mass is 16.5. The first-order valence-corrected chi connectivity index (χ1v) is 9.62. The number of nitrogens with zero attached hydrogens (tertiary/aromatic N) is 2. The Kier molecular flexibility index (Phi) is 6.66. The first-order chi connectivity index (χ1) is 13.1. The van der Waals surface area contributed by atoms with Crippen molar-refractivity contribution in [3.63, 3.8) is 0 Å². The molecule has 2 aromatic carbocycles. The summed E-state index contributed by atoms with van der Waals surface area (Å²) < 4.78 is 5.64. The SMILES string of the molecule is CC(C)Oc1ccc(C(=O)N2CCN(C/C=C/c3ccccc3)CC2)cc1. The number of carbonyl (C=O) groups is 1. The van der Waals surface area contributed by atoms with Gasteiger partial charge in [0.1, 0.15) is 5.75 Å². The maximum atomic E-state index is 12.7. The van der Waals surface area contributed by atoms with Crippen molar-refractivity contribution < 1.29 is 9.53 Å². The first-order valence-electron chi connectivity index (χ1n) is 9.62. The number of amides is 1. The normalized spacial score (nSPS) is 15.4. The number of hydrogen-bond acceptors (Lipinski definition) is 3. The molecule has 4 heteroatoms. The summed E-state index contributed by atoms with van der Waals surface area (Å²) in [6.45, 7) is 8.24. The summed E-state index contributed by atoms with van der Waals surface area (Å²) in [5, 5.41) is 0. The van der Waals surface area contributed by atoms with Crippen LogP contribution in [0.1, 0.15) is 29.8 Å². The Hall–Kier alpha value is -2.59. The van der Waals surface area contributed by atoms with Crippen LogP contribution in [0.2, 0.25) is 0 Å². The van der Waals surface area contributed by atoms with Crippen molar-refractivity contribution in [2.75, 3.05) is 32.7 Å². The van der Waals surface area contributed by atoms with E-state index in [-0.39, 0.29) is 12.0 Å². The smallest absolute Gasteiger partial charge is 0.253 e. The molecule has 3 rings (SSSR count). The fourth-order valence-corrected chi connectivity index (χ4v) is 3.17. The van der Waals surface area contributed by atoms with Crippen LogP contribution in [0.4, 0.5) is 0 Å². The van der Waals surface area contributed by atoms with Crippen molar-refractivity contribution in [1.82, 2.24) is 9.80 Å². The van der Waals surface area contributed by atoms with Gasteiger partial charge in [-0.1, -0.05) is 42.5 Å². The van der Waals surface area contributed by atoms with E-state index < -0.39 is 0 Å². The molecule has 142 valence electrons. The van der Waals surface area contributed by atoms with E-state index in [1.54, 1.807) is 0 Å². The predicted molar refractivity (Wildman–Crippen MR) is 110 cm³/mol. The van der Waals surface area contributed by atoms with Crippen molar-refractivity contribution in [3.8, 4) is 5.75 Å². The highest BCUT2D eigenvalue weighted by Gasteiger charge is 2.21. The lowest BCUT2D eigenvalue weighted by Gasteiger charge is -2.34. The highest BCUT2D eigenvalue weighted by Crippen LogP contribution is 2.16. The van der Waals surface area contributed by atoms with Crippen LogP contribution >= 0.6 is 0 Å². The number of rotatable bonds is 6. The molecule has 1 aliphatic heterocycles. The third kappa shape index (κ3) is 5.69. The third-order valence-corrected chi connectivity index (χ3v) is 4.61. The third-order valence-electron chi connectivity index (χ3n) is 4.61. The van der Waals surface area contributed by atoms with Crippen LogP contribution in [-0.4, -0.2) is 54.5 Å². The molecule has 0 spiro atoms. The van der Waals surface area contributed by atoms with E-state index >= 15 is 0 Å². The number of ether oxygens (including phenoxy) is 1. The molecule has 2 aromatic rings. The zero-order valence-corrected chi connectivity index (χ0v) is 16.2. The van der Waals surface area contributed by atoms with Crippen molar-refractivity contribution in [1.29, 1.82) is 0 Å². The summed E-state index contributed by atoms with van der Waals surface area (Å²) >= 11 is 0. The zero-order chi connectivity index (χ0) is 19.1. The number of benzene rings is 2. The first kappa shape index (κ1) is 19.2. The van der Waals surface area contributed by atoms with Gasteiger partial charge >= 0.3 is 0 Å². The Morgan fingerprint density at radius 2 is 1.67 bits per heavy atom. The Balaban J connectivity index is 1.47. The molecular weight excluding hydrogens is 336 g/mol. The fraction of sp³-hybridized carbons (Fsp3) is 0.348. The van der Waals surface area contributed by atoms with Crippen molar-refractivity contribution in [2.45, 2.75) is 20.0 Å². The Bertz CT molecular complexity index is 746. The van der Waals surface area contributed by atoms with Gasteiger partial charge in [-0.2, -0.15) is 0 Å². The van der Waals surface area contributed by atoms with Gasteiger partial charge in [-0.05, 0) is 43.7 Å². The van der Waals surface area contributed by atoms with Crippen molar-refractivity contribution in [3.05, 3.63) is 71.8 Å². The van der Waals surface area contributed by atoms with E-state index in [1.165, 1.54) is 5.56 Å². The Morgan fingerprint density at radius 3 is 2.30 bits per heavy atom. The van der Waals surface area contributed by atoms with Gasteiger partial charge in [-0.15, -0.1) is 0 Å². The van der Waals surface area contributed by atoms with Crippen molar-refractivity contribution in [2.24, 2.45) is 0 Å². The van der Waals surface area contributed by atoms with Crippen LogP contribution in [0.5, 0.6) is 5.75 Å². The van der Waals surface area contributed by atoms with E-state index in [2.05, 4.69) is 29.2 Å². The van der Waals surface area contributed by atoms with Crippen molar-refractivity contribution >= 4 is 12.0 Å². The average Bonchev–Trinajstić information content (AvgIpc) is 2.69. The topological polar surface area (TPSA) is 32.8 Å². The standard InChI is InChI=1S/C23H28N2O2/c1-19(2)27-22-12-10-21(11-13-22)23(26)25-17-15-24(16-18-25)14-6-9-20-7-4-3-5-8-20/h3-13,19H,14-18H2,1-2H3/b9-6+. The monoisotopic (exact) mass is 364 g/mol. The van der Waals surface area contributed by atoms with Crippen LogP contribution in [0.25, 0.3) is 6.08 Å². The lowest BCUT2D eigenvalue weighted by Crippen LogP contribution is -2.48. The summed E-state index contributed by atoms with van der Waals surface area (Å²) in [6, 6.07) is 17.8. The lowest BCUT2D eigenvalue weighted by molar-refractivity contribution is 0.0650. The highest BCUT2D eigenvalue weighted by molar-refractivity contribution is 5.94. The predicted octanol–water partition coefficient (Wildman–Crippen LogP) is 3.95. The molecule has 1 saturated heterocycles. The van der Waals surface area contributed by atoms with Gasteiger partial charge in [0.25, 0.3) is 5.91 Å². The second-order valence-electron chi connectivity index (χ2n) is 7.10. The van der Waals surface area contributed by atoms with Gasteiger partial charge in [0.15, 0.2) is 0 Å². The van der Waals surface area contributed by atoms with Gasteiger partial charge in [-0.3, -0.25) is 9.69 Å². The molecule has 0 bridgehead atoms. The summed E-state index contributed by atoms with van der Waals surface area (Å²) in [5.41, 5.74) is 1.94. The van der Waals surface area contributed by atoms with E-state index in [9.17, 15) is 4.79 Å². The zero-order valence-electron chi connectivity index (χ0n) is 16.2. The van der Waals surface area contributed by atoms with Crippen LogP contribution in [-0.2, 0) is 0 Å². The molecular formula is C23H28N2O2. The molecule has 27 heavy (non-hydrogen) atoms. The molecule has 1 heterocycles. The number of piperazine rings is 1. The van der Waals surface area contributed by atoms with E-state index in [4.69, 9.17) is 4.74 Å². The summed E-state index contributed by atoms with van der Waals surface area (Å²) in [6.07, 6.45) is 4.48. The number of carbonyl (C=O) groups excluding carboxylic acids is 1. The van der Waals surface area contributed by atoms with E-state index in [0.29, 0.717) is 0 Å². The molecule has 1 fully saturated rings. The molecule has 0 saturated carbocycles. The molecule has 0 atom stereocenters. The summed E-state index contributed by atoms with van der Waals surface area (Å²) in [4.78, 5) is 17.0. The quantitative estimate of drug-likeness (QED) is 0.778. The van der Waals surface area contributed by atoms with Crippen LogP contribution < -0.4 is 4.74 Å². The molecule has 1 amide bonds. The van der Waals surface area contributed by atoms with E-state index in [1.807, 2.05) is 61.2 Å². The molecule has 0 unspecified atom stereocenters. The molecule has 4 nitrogen and oxygen atoms in total. The molecule has 0 aromatic heterocycles. The van der Waals surface area contributed by atoms with Crippen LogP contribution in [0.3, 0.4) is 0 Å². The lowest BCUT2D eigenvalue weighted by atomic mass is 10.1. The minimum absolute atomic E-state index is 0.102. The fourth-order valence-electron chi connectivity index (χ4n) is 3.17. The second-order valence-corrected chi connectivity index (χ2v) is 7.10. The summed E-state index contributed by atoms with van der Waals surface area (Å²) in [7, 11) is 0. The average molecular weight is 364 g/mol. The molecule has 0 radical (unpaired) electrons. The van der Waals surface area contributed by atoms with Gasteiger partial charge in [0.2, 0.25) is 0 Å². The van der Waals surface area contributed by atoms with Crippen LogP contribution in [0, 0.1) is 0 Å². The van der Waals surface area contributed by atoms with Gasteiger partial charge in [0, 0.05) is 38.3 Å². The van der Waals surface area contributed by atoms with Crippen LogP contribution in [0.15, 0.2) is 60.7 Å². The van der Waals surface area contributed by atoms with E-state index in [0.717, 1.165) is 44.0 Å². The Labute approximate surface area is 162 Å². The number of hydrogen-bond donors (Lipinski definition) is 0. The maximum Gasteiger partial charge on any atom is 0.253 e. The van der Waals surface area contributed by atoms with Gasteiger partial charge in [-0.25, -0.2) is 0 Å².